The fourth-order valence-electron chi connectivity index (χ4n) is 5.88. The Kier molecular flexibility index (Phi) is 9.45. The smallest absolute Gasteiger partial charge is 0.307 e. The number of nitriles is 1. The number of carboxylic acid groups (broad SMARTS) is 1. The van der Waals surface area contributed by atoms with E-state index in [1.54, 1.807) is 18.5 Å². The monoisotopic (exact) mass is 640 g/mol. The summed E-state index contributed by atoms with van der Waals surface area (Å²) >= 11 is 0. The molecule has 1 saturated heterocycles. The number of carbonyl (C=O) groups is 1. The van der Waals surface area contributed by atoms with Crippen LogP contribution in [0.15, 0.2) is 67.1 Å². The van der Waals surface area contributed by atoms with Gasteiger partial charge >= 0.3 is 5.97 Å². The fourth-order valence-corrected chi connectivity index (χ4v) is 5.88. The molecule has 0 radical (unpaired) electrons. The second-order valence-electron chi connectivity index (χ2n) is 11.6. The Morgan fingerprint density at radius 2 is 1.89 bits per heavy atom. The van der Waals surface area contributed by atoms with Gasteiger partial charge in [-0.1, -0.05) is 6.07 Å². The summed E-state index contributed by atoms with van der Waals surface area (Å²) in [7, 11) is 0. The summed E-state index contributed by atoms with van der Waals surface area (Å²) in [6.45, 7) is 5.36. The Morgan fingerprint density at radius 3 is 2.64 bits per heavy atom. The molecule has 1 N–H and O–H groups in total. The van der Waals surface area contributed by atoms with Crippen molar-refractivity contribution < 1.29 is 28.2 Å². The third-order valence-electron chi connectivity index (χ3n) is 8.37. The van der Waals surface area contributed by atoms with Gasteiger partial charge in [0.1, 0.15) is 30.1 Å². The molecule has 3 heterocycles. The molecule has 47 heavy (non-hydrogen) atoms. The number of aryl methyl sites for hydroxylation is 1. The van der Waals surface area contributed by atoms with E-state index in [-0.39, 0.29) is 36.0 Å². The predicted octanol–water partition coefficient (Wildman–Crippen LogP) is 5.70. The van der Waals surface area contributed by atoms with Crippen molar-refractivity contribution in [3.05, 3.63) is 107 Å². The molecule has 0 bridgehead atoms. The van der Waals surface area contributed by atoms with Crippen molar-refractivity contribution in [2.45, 2.75) is 58.5 Å². The van der Waals surface area contributed by atoms with Gasteiger partial charge in [0.05, 0.1) is 54.2 Å². The number of ether oxygens (including phenoxy) is 2. The lowest BCUT2D eigenvalue weighted by atomic mass is 10.1. The summed E-state index contributed by atoms with van der Waals surface area (Å²) in [5.74, 6) is -0.718. The van der Waals surface area contributed by atoms with Crippen LogP contribution in [-0.4, -0.2) is 54.3 Å². The lowest BCUT2D eigenvalue weighted by Crippen LogP contribution is -2.38. The number of benzene rings is 3. The Hall–Kier alpha value is -5.28. The van der Waals surface area contributed by atoms with Gasteiger partial charge in [0, 0.05) is 31.4 Å². The number of nitrogens with zero attached hydrogens (tertiary/aromatic N) is 6. The number of aliphatic carboxylic acids is 1. The average molecular weight is 641 g/mol. The third-order valence-corrected chi connectivity index (χ3v) is 8.37. The molecular weight excluding hydrogens is 606 g/mol. The van der Waals surface area contributed by atoms with Crippen LogP contribution in [0.1, 0.15) is 48.0 Å². The Morgan fingerprint density at radius 1 is 1.06 bits per heavy atom. The first-order chi connectivity index (χ1) is 22.8. The molecule has 0 unspecified atom stereocenters. The van der Waals surface area contributed by atoms with Crippen molar-refractivity contribution in [2.24, 2.45) is 0 Å². The third kappa shape index (κ3) is 7.42. The highest BCUT2D eigenvalue weighted by Crippen LogP contribution is 2.26. The van der Waals surface area contributed by atoms with Crippen LogP contribution >= 0.6 is 0 Å². The SMILES string of the molecule is CCn1cncc1Cn1c(CN2CCC(Oc3ccc(F)c(COc4ccc(C#N)cc4F)c3)CC2)nc2ccc(CC(=O)O)cc21. The van der Waals surface area contributed by atoms with E-state index in [9.17, 15) is 18.7 Å². The maximum atomic E-state index is 14.6. The molecule has 12 heteroatoms. The second kappa shape index (κ2) is 14.0. The minimum Gasteiger partial charge on any atom is -0.490 e. The fraction of sp³-hybridized carbons (Fsp3) is 0.314. The topological polar surface area (TPSA) is 118 Å². The highest BCUT2D eigenvalue weighted by atomic mass is 19.1. The molecule has 6 rings (SSSR count). The van der Waals surface area contributed by atoms with Crippen LogP contribution in [0.2, 0.25) is 0 Å². The first-order valence-corrected chi connectivity index (χ1v) is 15.5. The minimum absolute atomic E-state index is 0.0604. The van der Waals surface area contributed by atoms with Gasteiger partial charge in [0.15, 0.2) is 11.6 Å². The van der Waals surface area contributed by atoms with Crippen LogP contribution in [0.4, 0.5) is 8.78 Å². The van der Waals surface area contributed by atoms with E-state index in [2.05, 4.69) is 25.9 Å². The molecule has 0 saturated carbocycles. The van der Waals surface area contributed by atoms with Gasteiger partial charge in [0.25, 0.3) is 0 Å². The molecule has 0 aliphatic carbocycles. The van der Waals surface area contributed by atoms with Crippen molar-refractivity contribution in [1.82, 2.24) is 24.0 Å². The number of fused-ring (bicyclic) bond motifs is 1. The molecule has 0 atom stereocenters. The number of aromatic nitrogens is 4. The number of rotatable bonds is 12. The number of hydrogen-bond donors (Lipinski definition) is 1. The molecule has 2 aromatic heterocycles. The lowest BCUT2D eigenvalue weighted by molar-refractivity contribution is -0.136. The predicted molar refractivity (Wildman–Crippen MR) is 169 cm³/mol. The minimum atomic E-state index is -0.881. The zero-order valence-corrected chi connectivity index (χ0v) is 25.9. The van der Waals surface area contributed by atoms with Crippen LogP contribution in [0.25, 0.3) is 11.0 Å². The van der Waals surface area contributed by atoms with E-state index in [0.29, 0.717) is 18.8 Å². The number of likely N-dealkylation sites (tertiary alicyclic amines) is 1. The van der Waals surface area contributed by atoms with Crippen LogP contribution in [0.5, 0.6) is 11.5 Å². The van der Waals surface area contributed by atoms with Gasteiger partial charge in [-0.2, -0.15) is 5.26 Å². The van der Waals surface area contributed by atoms with Crippen molar-refractivity contribution in [2.75, 3.05) is 13.1 Å². The van der Waals surface area contributed by atoms with E-state index in [1.807, 2.05) is 30.5 Å². The van der Waals surface area contributed by atoms with Gasteiger partial charge < -0.3 is 23.7 Å². The quantitative estimate of drug-likeness (QED) is 0.185. The molecule has 10 nitrogen and oxygen atoms in total. The largest absolute Gasteiger partial charge is 0.490 e. The van der Waals surface area contributed by atoms with E-state index >= 15 is 0 Å². The van der Waals surface area contributed by atoms with Gasteiger partial charge in [-0.15, -0.1) is 0 Å². The Bertz CT molecular complexity index is 1940. The Balaban J connectivity index is 1.11. The molecule has 5 aromatic rings. The van der Waals surface area contributed by atoms with Crippen LogP contribution in [0.3, 0.4) is 0 Å². The first-order valence-electron chi connectivity index (χ1n) is 15.5. The number of imidazole rings is 2. The Labute approximate surface area is 270 Å². The van der Waals surface area contributed by atoms with E-state index in [0.717, 1.165) is 66.7 Å². The zero-order chi connectivity index (χ0) is 32.9. The van der Waals surface area contributed by atoms with Crippen molar-refractivity contribution in [3.8, 4) is 17.6 Å². The van der Waals surface area contributed by atoms with Crippen LogP contribution < -0.4 is 9.47 Å². The molecule has 3 aromatic carbocycles. The van der Waals surface area contributed by atoms with Gasteiger partial charge in [-0.05, 0) is 73.9 Å². The normalized spacial score (nSPS) is 13.9. The maximum absolute atomic E-state index is 14.6. The van der Waals surface area contributed by atoms with E-state index in [1.165, 1.54) is 18.2 Å². The molecule has 242 valence electrons. The first kappa shape index (κ1) is 31.7. The lowest BCUT2D eigenvalue weighted by Gasteiger charge is -2.32. The highest BCUT2D eigenvalue weighted by Gasteiger charge is 2.24. The van der Waals surface area contributed by atoms with Gasteiger partial charge in [-0.25, -0.2) is 18.7 Å². The number of halogens is 2. The van der Waals surface area contributed by atoms with E-state index in [4.69, 9.17) is 19.7 Å². The van der Waals surface area contributed by atoms with Crippen LogP contribution in [-0.2, 0) is 37.5 Å². The number of piperidine rings is 1. The van der Waals surface area contributed by atoms with Gasteiger partial charge in [-0.3, -0.25) is 9.69 Å². The summed E-state index contributed by atoms with van der Waals surface area (Å²) in [5.41, 5.74) is 3.87. The summed E-state index contributed by atoms with van der Waals surface area (Å²) in [6.07, 6.45) is 5.03. The summed E-state index contributed by atoms with van der Waals surface area (Å²) in [5, 5.41) is 18.3. The molecule has 0 spiro atoms. The van der Waals surface area contributed by atoms with Gasteiger partial charge in [0.2, 0.25) is 0 Å². The van der Waals surface area contributed by atoms with E-state index < -0.39 is 17.6 Å². The standard InChI is InChI=1S/C35H34F2N6O4/c1-2-42-22-39-18-26(42)19-43-32-14-23(15-35(44)45)3-7-31(32)40-34(43)20-41-11-9-27(10-12-41)47-28-5-6-29(36)25(16-28)21-46-33-8-4-24(17-38)13-30(33)37/h3-8,13-14,16,18,22,27H,2,9-12,15,19-21H2,1H3,(H,44,45). The average Bonchev–Trinajstić information content (AvgIpc) is 3.66. The number of hydrogen-bond acceptors (Lipinski definition) is 7. The van der Waals surface area contributed by atoms with Crippen molar-refractivity contribution in [1.29, 1.82) is 5.26 Å². The van der Waals surface area contributed by atoms with Crippen molar-refractivity contribution >= 4 is 17.0 Å². The number of carboxylic acids is 1. The van der Waals surface area contributed by atoms with Crippen LogP contribution in [0, 0.1) is 23.0 Å². The summed E-state index contributed by atoms with van der Waals surface area (Å²) in [6, 6.07) is 15.8. The molecule has 1 fully saturated rings. The molecular formula is C35H34F2N6O4. The highest BCUT2D eigenvalue weighted by molar-refractivity contribution is 5.79. The maximum Gasteiger partial charge on any atom is 0.307 e. The van der Waals surface area contributed by atoms with Crippen molar-refractivity contribution in [3.63, 3.8) is 0 Å². The zero-order valence-electron chi connectivity index (χ0n) is 25.9. The molecule has 0 amide bonds. The molecule has 1 aliphatic heterocycles. The molecule has 1 aliphatic rings. The summed E-state index contributed by atoms with van der Waals surface area (Å²) < 4.78 is 44.7. The second-order valence-corrected chi connectivity index (χ2v) is 11.6. The summed E-state index contributed by atoms with van der Waals surface area (Å²) in [4.78, 5) is 23.0.